The van der Waals surface area contributed by atoms with Gasteiger partial charge in [0.1, 0.15) is 6.10 Å². The van der Waals surface area contributed by atoms with E-state index in [0.29, 0.717) is 6.61 Å². The van der Waals surface area contributed by atoms with Crippen molar-refractivity contribution in [1.29, 1.82) is 0 Å². The topological polar surface area (TPSA) is 46.5 Å². The maximum atomic E-state index is 11.5. The van der Waals surface area contributed by atoms with Crippen molar-refractivity contribution in [2.45, 2.75) is 12.7 Å². The van der Waals surface area contributed by atoms with Gasteiger partial charge in [-0.15, -0.1) is 0 Å². The SMILES string of the molecule is O=C1C(O)=CC=CC1OCc1ccccc1. The first-order chi connectivity index (χ1) is 7.77. The number of Topliss-reactive ketones (excluding diaryl/α,β-unsaturated/α-hetero) is 1. The molecule has 0 saturated carbocycles. The Morgan fingerprint density at radius 1 is 1.25 bits per heavy atom. The molecule has 1 aromatic carbocycles. The smallest absolute Gasteiger partial charge is 0.229 e. The third-order valence-electron chi connectivity index (χ3n) is 2.32. The molecule has 1 aliphatic carbocycles. The number of hydrogen-bond donors (Lipinski definition) is 1. The summed E-state index contributed by atoms with van der Waals surface area (Å²) in [6.45, 7) is 0.356. The van der Waals surface area contributed by atoms with E-state index in [0.717, 1.165) is 5.56 Å². The minimum atomic E-state index is -0.676. The van der Waals surface area contributed by atoms with Crippen molar-refractivity contribution in [3.8, 4) is 0 Å². The summed E-state index contributed by atoms with van der Waals surface area (Å²) in [4.78, 5) is 11.5. The average molecular weight is 216 g/mol. The molecule has 1 aliphatic rings. The summed E-state index contributed by atoms with van der Waals surface area (Å²) in [5.74, 6) is -0.640. The first-order valence-electron chi connectivity index (χ1n) is 5.04. The van der Waals surface area contributed by atoms with Crippen molar-refractivity contribution in [1.82, 2.24) is 0 Å². The monoisotopic (exact) mass is 216 g/mol. The molecule has 0 aliphatic heterocycles. The highest BCUT2D eigenvalue weighted by Gasteiger charge is 2.22. The minimum absolute atomic E-state index is 0.249. The Balaban J connectivity index is 1.95. The molecule has 0 amide bonds. The summed E-state index contributed by atoms with van der Waals surface area (Å²) in [5, 5.41) is 9.23. The number of aliphatic hydroxyl groups excluding tert-OH is 1. The van der Waals surface area contributed by atoms with Crippen LogP contribution in [0.5, 0.6) is 0 Å². The number of rotatable bonds is 3. The molecule has 1 N–H and O–H groups in total. The first kappa shape index (κ1) is 10.6. The number of allylic oxidation sites excluding steroid dienone is 2. The van der Waals surface area contributed by atoms with Crippen LogP contribution < -0.4 is 0 Å². The predicted molar refractivity (Wildman–Crippen MR) is 59.9 cm³/mol. The highest BCUT2D eigenvalue weighted by Crippen LogP contribution is 2.11. The lowest BCUT2D eigenvalue weighted by molar-refractivity contribution is -0.127. The molecule has 1 unspecified atom stereocenters. The van der Waals surface area contributed by atoms with Gasteiger partial charge in [0.05, 0.1) is 6.61 Å². The Morgan fingerprint density at radius 2 is 2.00 bits per heavy atom. The van der Waals surface area contributed by atoms with Crippen LogP contribution in [0.3, 0.4) is 0 Å². The molecule has 0 aromatic heterocycles. The third-order valence-corrected chi connectivity index (χ3v) is 2.32. The van der Waals surface area contributed by atoms with E-state index in [1.54, 1.807) is 12.2 Å². The molecular formula is C13H12O3. The summed E-state index contributed by atoms with van der Waals surface area (Å²) >= 11 is 0. The van der Waals surface area contributed by atoms with Crippen molar-refractivity contribution >= 4 is 5.78 Å². The molecule has 0 radical (unpaired) electrons. The van der Waals surface area contributed by atoms with Gasteiger partial charge in [-0.05, 0) is 17.7 Å². The second-order valence-electron chi connectivity index (χ2n) is 3.52. The fourth-order valence-corrected chi connectivity index (χ4v) is 1.45. The van der Waals surface area contributed by atoms with E-state index < -0.39 is 11.9 Å². The van der Waals surface area contributed by atoms with E-state index in [1.165, 1.54) is 6.08 Å². The van der Waals surface area contributed by atoms with Gasteiger partial charge in [-0.3, -0.25) is 4.79 Å². The molecular weight excluding hydrogens is 204 g/mol. The van der Waals surface area contributed by atoms with Gasteiger partial charge in [-0.2, -0.15) is 0 Å². The first-order valence-corrected chi connectivity index (χ1v) is 5.04. The number of hydrogen-bond acceptors (Lipinski definition) is 3. The van der Waals surface area contributed by atoms with Crippen LogP contribution in [0.1, 0.15) is 5.56 Å². The molecule has 1 aromatic rings. The lowest BCUT2D eigenvalue weighted by atomic mass is 10.1. The quantitative estimate of drug-likeness (QED) is 0.842. The van der Waals surface area contributed by atoms with E-state index in [4.69, 9.17) is 4.74 Å². The van der Waals surface area contributed by atoms with E-state index in [-0.39, 0.29) is 5.76 Å². The van der Waals surface area contributed by atoms with Crippen LogP contribution in [0, 0.1) is 0 Å². The molecule has 0 saturated heterocycles. The van der Waals surface area contributed by atoms with Gasteiger partial charge >= 0.3 is 0 Å². The van der Waals surface area contributed by atoms with E-state index >= 15 is 0 Å². The maximum absolute atomic E-state index is 11.5. The van der Waals surface area contributed by atoms with Crippen LogP contribution in [-0.2, 0) is 16.1 Å². The molecule has 3 heteroatoms. The second-order valence-corrected chi connectivity index (χ2v) is 3.52. The zero-order valence-electron chi connectivity index (χ0n) is 8.67. The lowest BCUT2D eigenvalue weighted by Gasteiger charge is -2.14. The zero-order chi connectivity index (χ0) is 11.4. The predicted octanol–water partition coefficient (Wildman–Crippen LogP) is 2.15. The molecule has 82 valence electrons. The Hall–Kier alpha value is -1.87. The van der Waals surface area contributed by atoms with Gasteiger partial charge in [-0.1, -0.05) is 36.4 Å². The van der Waals surface area contributed by atoms with Crippen LogP contribution in [0.4, 0.5) is 0 Å². The van der Waals surface area contributed by atoms with E-state index in [9.17, 15) is 9.90 Å². The fraction of sp³-hybridized carbons (Fsp3) is 0.154. The molecule has 16 heavy (non-hydrogen) atoms. The standard InChI is InChI=1S/C13H12O3/c14-11-7-4-8-12(13(11)15)16-9-10-5-2-1-3-6-10/h1-8,12,14H,9H2. The lowest BCUT2D eigenvalue weighted by Crippen LogP contribution is -2.25. The summed E-state index contributed by atoms with van der Waals surface area (Å²) in [6.07, 6.45) is 3.94. The minimum Gasteiger partial charge on any atom is -0.504 e. The Bertz CT molecular complexity index is 432. The van der Waals surface area contributed by atoms with Crippen molar-refractivity contribution < 1.29 is 14.6 Å². The summed E-state index contributed by atoms with van der Waals surface area (Å²) in [6, 6.07) is 9.59. The number of ether oxygens (including phenoxy) is 1. The molecule has 0 spiro atoms. The zero-order valence-corrected chi connectivity index (χ0v) is 8.67. The van der Waals surface area contributed by atoms with Crippen molar-refractivity contribution in [2.75, 3.05) is 0 Å². The van der Waals surface area contributed by atoms with Gasteiger partial charge in [0.2, 0.25) is 5.78 Å². The average Bonchev–Trinajstić information content (AvgIpc) is 2.32. The normalized spacial score (nSPS) is 19.6. The second kappa shape index (κ2) is 4.77. The number of carbonyl (C=O) groups excluding carboxylic acids is 1. The summed E-state index contributed by atoms with van der Waals surface area (Å²) in [7, 11) is 0. The molecule has 3 nitrogen and oxygen atoms in total. The van der Waals surface area contributed by atoms with Gasteiger partial charge in [0, 0.05) is 0 Å². The Morgan fingerprint density at radius 3 is 2.75 bits per heavy atom. The highest BCUT2D eigenvalue weighted by molar-refractivity contribution is 5.99. The molecule has 0 heterocycles. The van der Waals surface area contributed by atoms with E-state index in [2.05, 4.69) is 0 Å². The number of benzene rings is 1. The van der Waals surface area contributed by atoms with Crippen LogP contribution in [0.25, 0.3) is 0 Å². The van der Waals surface area contributed by atoms with Crippen LogP contribution >= 0.6 is 0 Å². The molecule has 2 rings (SSSR count). The number of aliphatic hydroxyl groups is 1. The largest absolute Gasteiger partial charge is 0.504 e. The van der Waals surface area contributed by atoms with Crippen LogP contribution in [0.2, 0.25) is 0 Å². The van der Waals surface area contributed by atoms with Crippen molar-refractivity contribution in [2.24, 2.45) is 0 Å². The maximum Gasteiger partial charge on any atom is 0.229 e. The third kappa shape index (κ3) is 2.38. The number of ketones is 1. The Kier molecular flexibility index (Phi) is 3.17. The highest BCUT2D eigenvalue weighted by atomic mass is 16.5. The number of carbonyl (C=O) groups is 1. The molecule has 1 atom stereocenters. The summed E-state index contributed by atoms with van der Waals surface area (Å²) in [5.41, 5.74) is 0.998. The van der Waals surface area contributed by atoms with Gasteiger partial charge in [-0.25, -0.2) is 0 Å². The van der Waals surface area contributed by atoms with Crippen molar-refractivity contribution in [3.05, 3.63) is 59.9 Å². The Labute approximate surface area is 93.7 Å². The molecule has 0 bridgehead atoms. The van der Waals surface area contributed by atoms with Crippen molar-refractivity contribution in [3.63, 3.8) is 0 Å². The van der Waals surface area contributed by atoms with E-state index in [1.807, 2.05) is 30.3 Å². The van der Waals surface area contributed by atoms with Crippen LogP contribution in [0.15, 0.2) is 54.3 Å². The van der Waals surface area contributed by atoms with Gasteiger partial charge in [0.25, 0.3) is 0 Å². The fourth-order valence-electron chi connectivity index (χ4n) is 1.45. The van der Waals surface area contributed by atoms with Gasteiger partial charge < -0.3 is 9.84 Å². The van der Waals surface area contributed by atoms with Gasteiger partial charge in [0.15, 0.2) is 5.76 Å². The summed E-state index contributed by atoms with van der Waals surface area (Å²) < 4.78 is 5.41. The van der Waals surface area contributed by atoms with Crippen LogP contribution in [-0.4, -0.2) is 17.0 Å². The molecule has 0 fully saturated rings.